The van der Waals surface area contributed by atoms with Crippen molar-refractivity contribution in [3.05, 3.63) is 89.6 Å². The van der Waals surface area contributed by atoms with Crippen LogP contribution in [0.3, 0.4) is 0 Å². The van der Waals surface area contributed by atoms with Crippen molar-refractivity contribution in [1.29, 1.82) is 0 Å². The first-order valence-electron chi connectivity index (χ1n) is 10.8. The number of nitrogens with zero attached hydrogens (tertiary/aromatic N) is 2. The van der Waals surface area contributed by atoms with Crippen LogP contribution in [0.2, 0.25) is 5.02 Å². The van der Waals surface area contributed by atoms with E-state index in [0.29, 0.717) is 15.7 Å². The molecule has 0 saturated heterocycles. The molecule has 3 aromatic carbocycles. The molecule has 7 nitrogen and oxygen atoms in total. The highest BCUT2D eigenvalue weighted by Crippen LogP contribution is 2.49. The molecule has 0 N–H and O–H groups in total. The van der Waals surface area contributed by atoms with Crippen LogP contribution in [0.4, 0.5) is 0 Å². The van der Waals surface area contributed by atoms with E-state index in [2.05, 4.69) is 0 Å². The van der Waals surface area contributed by atoms with Crippen molar-refractivity contribution in [2.75, 3.05) is 20.7 Å². The molecule has 0 saturated carbocycles. The van der Waals surface area contributed by atoms with Gasteiger partial charge in [0.25, 0.3) is 10.0 Å². The minimum atomic E-state index is -4.29. The zero-order chi connectivity index (χ0) is 25.4. The highest BCUT2D eigenvalue weighted by Gasteiger charge is 2.42. The molecule has 0 spiro atoms. The molecule has 1 unspecified atom stereocenters. The Balaban J connectivity index is 2.25. The van der Waals surface area contributed by atoms with Crippen LogP contribution in [0.25, 0.3) is 10.9 Å². The maximum atomic E-state index is 14.9. The van der Waals surface area contributed by atoms with Gasteiger partial charge in [-0.15, -0.1) is 0 Å². The Kier molecular flexibility index (Phi) is 6.93. The van der Waals surface area contributed by atoms with Crippen molar-refractivity contribution in [2.24, 2.45) is 0 Å². The lowest BCUT2D eigenvalue weighted by Crippen LogP contribution is -2.32. The smallest absolute Gasteiger partial charge is 0.356 e. The Morgan fingerprint density at radius 1 is 1.00 bits per heavy atom. The van der Waals surface area contributed by atoms with Gasteiger partial charge in [-0.05, 0) is 63.5 Å². The zero-order valence-corrected chi connectivity index (χ0v) is 21.8. The van der Waals surface area contributed by atoms with Crippen LogP contribution in [0.15, 0.2) is 83.8 Å². The quantitative estimate of drug-likeness (QED) is 0.258. The molecule has 182 valence electrons. The van der Waals surface area contributed by atoms with Gasteiger partial charge in [0.15, 0.2) is 5.69 Å². The molecule has 1 heterocycles. The maximum Gasteiger partial charge on any atom is 0.356 e. The van der Waals surface area contributed by atoms with Gasteiger partial charge in [-0.3, -0.25) is 9.24 Å². The molecule has 35 heavy (non-hydrogen) atoms. The number of carbonyl (C=O) groups excluding carboxylic acids is 1. The van der Waals surface area contributed by atoms with Gasteiger partial charge < -0.3 is 4.74 Å². The molecule has 0 amide bonds. The molecule has 0 aliphatic heterocycles. The normalized spacial score (nSPS) is 13.6. The summed E-state index contributed by atoms with van der Waals surface area (Å²) in [5.41, 5.74) is -0.136. The average molecular weight is 531 g/mol. The Labute approximate surface area is 209 Å². The molecule has 0 radical (unpaired) electrons. The fourth-order valence-electron chi connectivity index (χ4n) is 4.04. The van der Waals surface area contributed by atoms with Gasteiger partial charge >= 0.3 is 5.97 Å². The minimum Gasteiger partial charge on any atom is -0.461 e. The van der Waals surface area contributed by atoms with Crippen LogP contribution in [-0.2, 0) is 19.3 Å². The number of halogens is 1. The van der Waals surface area contributed by atoms with Crippen LogP contribution in [0.1, 0.15) is 17.4 Å². The first kappa shape index (κ1) is 25.2. The predicted molar refractivity (Wildman–Crippen MR) is 139 cm³/mol. The van der Waals surface area contributed by atoms with Gasteiger partial charge in [-0.1, -0.05) is 48.0 Å². The van der Waals surface area contributed by atoms with Crippen LogP contribution in [0.5, 0.6) is 0 Å². The topological polar surface area (TPSA) is 85.7 Å². The molecule has 0 aliphatic rings. The summed E-state index contributed by atoms with van der Waals surface area (Å²) in [6.45, 7) is 1.62. The van der Waals surface area contributed by atoms with Crippen LogP contribution in [0, 0.1) is 0 Å². The van der Waals surface area contributed by atoms with E-state index in [1.165, 1.54) is 35.0 Å². The number of ether oxygens (including phenoxy) is 1. The number of carbonyl (C=O) groups is 1. The summed E-state index contributed by atoms with van der Waals surface area (Å²) < 4.78 is 50.5. The van der Waals surface area contributed by atoms with E-state index < -0.39 is 23.3 Å². The number of benzene rings is 3. The number of fused-ring (bicyclic) bond motifs is 1. The lowest BCUT2D eigenvalue weighted by molar-refractivity contribution is 0.0520. The summed E-state index contributed by atoms with van der Waals surface area (Å²) in [4.78, 5) is 13.4. The zero-order valence-electron chi connectivity index (χ0n) is 19.4. The highest BCUT2D eigenvalue weighted by molar-refractivity contribution is 7.90. The highest BCUT2D eigenvalue weighted by atomic mass is 35.5. The predicted octanol–water partition coefficient (Wildman–Crippen LogP) is 4.50. The van der Waals surface area contributed by atoms with Crippen molar-refractivity contribution in [3.8, 4) is 0 Å². The summed E-state index contributed by atoms with van der Waals surface area (Å²) >= 11 is 6.32. The summed E-state index contributed by atoms with van der Waals surface area (Å²) in [7, 11) is -4.76. The van der Waals surface area contributed by atoms with Gasteiger partial charge in [-0.25, -0.2) is 17.2 Å². The molecule has 0 aliphatic carbocycles. The van der Waals surface area contributed by atoms with E-state index in [0.717, 1.165) is 3.97 Å². The Morgan fingerprint density at radius 3 is 2.17 bits per heavy atom. The molecule has 1 atom stereocenters. The SMILES string of the molecule is CCOC(=O)c1c(P(=O)(c2ccccc2)N(C)C)c2cc(Cl)ccc2n1S(=O)(=O)c1ccccc1. The van der Waals surface area contributed by atoms with Gasteiger partial charge in [0.2, 0.25) is 7.29 Å². The van der Waals surface area contributed by atoms with E-state index in [4.69, 9.17) is 16.3 Å². The van der Waals surface area contributed by atoms with Crippen LogP contribution < -0.4 is 10.6 Å². The second-order valence-corrected chi connectivity index (χ2v) is 13.1. The van der Waals surface area contributed by atoms with Crippen molar-refractivity contribution < 1.29 is 22.5 Å². The molecule has 10 heteroatoms. The van der Waals surface area contributed by atoms with E-state index in [1.807, 2.05) is 0 Å². The maximum absolute atomic E-state index is 14.9. The monoisotopic (exact) mass is 530 g/mol. The third-order valence-electron chi connectivity index (χ3n) is 5.58. The van der Waals surface area contributed by atoms with Crippen molar-refractivity contribution in [1.82, 2.24) is 8.64 Å². The van der Waals surface area contributed by atoms with E-state index in [-0.39, 0.29) is 28.0 Å². The van der Waals surface area contributed by atoms with E-state index in [9.17, 15) is 17.8 Å². The Hall–Kier alpha value is -2.90. The average Bonchev–Trinajstić information content (AvgIpc) is 3.20. The summed E-state index contributed by atoms with van der Waals surface area (Å²) in [5.74, 6) is -0.896. The second kappa shape index (κ2) is 9.63. The third kappa shape index (κ3) is 4.21. The summed E-state index contributed by atoms with van der Waals surface area (Å²) in [6.07, 6.45) is 0. The van der Waals surface area contributed by atoms with E-state index >= 15 is 0 Å². The minimum absolute atomic E-state index is 0.00351. The standard InChI is InChI=1S/C25H24ClN2O5PS/c1-4-33-25(29)23-24(34(30,27(2)3)19-11-7-5-8-12-19)21-17-18(26)15-16-22(21)28(23)35(31,32)20-13-9-6-10-14-20/h5-17H,4H2,1-3H3. The van der Waals surface area contributed by atoms with Gasteiger partial charge in [-0.2, -0.15) is 0 Å². The molecule has 1 aromatic heterocycles. The second-order valence-electron chi connectivity index (χ2n) is 7.92. The molecule has 0 bridgehead atoms. The Morgan fingerprint density at radius 2 is 1.60 bits per heavy atom. The third-order valence-corrected chi connectivity index (χ3v) is 10.7. The summed E-state index contributed by atoms with van der Waals surface area (Å²) in [5, 5.41) is 1.10. The van der Waals surface area contributed by atoms with Gasteiger partial charge in [0.05, 0.1) is 22.3 Å². The number of rotatable bonds is 7. The lowest BCUT2D eigenvalue weighted by atomic mass is 10.2. The molecule has 4 aromatic rings. The van der Waals surface area contributed by atoms with E-state index in [1.54, 1.807) is 69.6 Å². The van der Waals surface area contributed by atoms with Crippen LogP contribution >= 0.6 is 18.9 Å². The molecule has 4 rings (SSSR count). The first-order chi connectivity index (χ1) is 16.6. The number of esters is 1. The van der Waals surface area contributed by atoms with Crippen molar-refractivity contribution in [2.45, 2.75) is 11.8 Å². The fraction of sp³-hybridized carbons (Fsp3) is 0.160. The number of aromatic nitrogens is 1. The van der Waals surface area contributed by atoms with Crippen molar-refractivity contribution in [3.63, 3.8) is 0 Å². The summed E-state index contributed by atoms with van der Waals surface area (Å²) in [6, 6.07) is 21.0. The molecule has 0 fully saturated rings. The molecular weight excluding hydrogens is 507 g/mol. The molecular formula is C25H24ClN2O5PS. The van der Waals surface area contributed by atoms with Gasteiger partial charge in [0.1, 0.15) is 0 Å². The fourth-order valence-corrected chi connectivity index (χ4v) is 8.50. The van der Waals surface area contributed by atoms with Gasteiger partial charge in [0, 0.05) is 15.7 Å². The lowest BCUT2D eigenvalue weighted by Gasteiger charge is -2.26. The Bertz CT molecular complexity index is 1550. The number of hydrogen-bond acceptors (Lipinski definition) is 5. The largest absolute Gasteiger partial charge is 0.461 e. The number of hydrogen-bond donors (Lipinski definition) is 0. The van der Waals surface area contributed by atoms with Crippen molar-refractivity contribution >= 4 is 56.4 Å². The van der Waals surface area contributed by atoms with Crippen LogP contribution in [-0.4, -0.2) is 43.7 Å². The first-order valence-corrected chi connectivity index (χ1v) is 14.3.